The molecule has 2 aliphatic heterocycles. The molecule has 3 atom stereocenters. The quantitative estimate of drug-likeness (QED) is 0.805. The van der Waals surface area contributed by atoms with Crippen LogP contribution in [0.5, 0.6) is 0 Å². The van der Waals surface area contributed by atoms with Crippen molar-refractivity contribution in [2.75, 3.05) is 32.7 Å². The van der Waals surface area contributed by atoms with Crippen LogP contribution in [-0.4, -0.2) is 60.1 Å². The third kappa shape index (κ3) is 3.72. The van der Waals surface area contributed by atoms with Crippen LogP contribution in [0, 0.1) is 11.3 Å². The van der Waals surface area contributed by atoms with Gasteiger partial charge >= 0.3 is 0 Å². The fraction of sp³-hybridized carbons (Fsp3) is 0.938. The van der Waals surface area contributed by atoms with Gasteiger partial charge in [-0.25, -0.2) is 0 Å². The van der Waals surface area contributed by atoms with E-state index in [2.05, 4.69) is 35.0 Å². The highest BCUT2D eigenvalue weighted by molar-refractivity contribution is 5.04. The Bertz CT molecular complexity index is 351. The molecule has 0 saturated carbocycles. The summed E-state index contributed by atoms with van der Waals surface area (Å²) in [6, 6.07) is 3.86. The molecule has 2 heterocycles. The fourth-order valence-electron chi connectivity index (χ4n) is 3.51. The standard InChI is InChI=1S/C16H30N4/c1-4-8-18-16(3,13-17)7-10-19-12-15-6-5-9-20(15)11-14(19)2/h14-15,18H,4-12H2,1-3H3. The van der Waals surface area contributed by atoms with Gasteiger partial charge in [0.1, 0.15) is 5.54 Å². The third-order valence-electron chi connectivity index (χ3n) is 4.98. The van der Waals surface area contributed by atoms with Crippen molar-refractivity contribution in [3.05, 3.63) is 0 Å². The lowest BCUT2D eigenvalue weighted by molar-refractivity contribution is 0.0551. The molecule has 2 saturated heterocycles. The SMILES string of the molecule is CCCNC(C)(C#N)CCN1CC2CCCN2CC1C. The molecule has 114 valence electrons. The van der Waals surface area contributed by atoms with Crippen LogP contribution in [0.2, 0.25) is 0 Å². The van der Waals surface area contributed by atoms with Gasteiger partial charge in [-0.05, 0) is 52.6 Å². The highest BCUT2D eigenvalue weighted by atomic mass is 15.3. The van der Waals surface area contributed by atoms with Crippen molar-refractivity contribution in [1.29, 1.82) is 5.26 Å². The molecule has 4 heteroatoms. The molecule has 1 N–H and O–H groups in total. The van der Waals surface area contributed by atoms with E-state index >= 15 is 0 Å². The minimum atomic E-state index is -0.372. The zero-order valence-electron chi connectivity index (χ0n) is 13.4. The third-order valence-corrected chi connectivity index (χ3v) is 4.98. The Morgan fingerprint density at radius 3 is 2.90 bits per heavy atom. The van der Waals surface area contributed by atoms with Crippen LogP contribution in [0.15, 0.2) is 0 Å². The first-order valence-electron chi connectivity index (χ1n) is 8.22. The molecule has 0 aromatic heterocycles. The van der Waals surface area contributed by atoms with Crippen molar-refractivity contribution in [1.82, 2.24) is 15.1 Å². The molecular weight excluding hydrogens is 248 g/mol. The summed E-state index contributed by atoms with van der Waals surface area (Å²) in [4.78, 5) is 5.25. The van der Waals surface area contributed by atoms with Crippen molar-refractivity contribution in [2.45, 2.75) is 64.1 Å². The Kier molecular flexibility index (Phi) is 5.42. The number of fused-ring (bicyclic) bond motifs is 1. The summed E-state index contributed by atoms with van der Waals surface area (Å²) in [5.74, 6) is 0. The summed E-state index contributed by atoms with van der Waals surface area (Å²) in [6.45, 7) is 12.2. The highest BCUT2D eigenvalue weighted by Gasteiger charge is 2.35. The number of piperazine rings is 1. The predicted octanol–water partition coefficient (Wildman–Crippen LogP) is 1.83. The summed E-state index contributed by atoms with van der Waals surface area (Å²) >= 11 is 0. The number of nitrogens with zero attached hydrogens (tertiary/aromatic N) is 3. The molecule has 0 aliphatic carbocycles. The smallest absolute Gasteiger partial charge is 0.105 e. The van der Waals surface area contributed by atoms with Gasteiger partial charge in [0.25, 0.3) is 0 Å². The molecule has 0 radical (unpaired) electrons. The monoisotopic (exact) mass is 278 g/mol. The number of hydrogen-bond donors (Lipinski definition) is 1. The first-order chi connectivity index (χ1) is 9.58. The highest BCUT2D eigenvalue weighted by Crippen LogP contribution is 2.25. The van der Waals surface area contributed by atoms with Gasteiger partial charge < -0.3 is 0 Å². The molecule has 2 rings (SSSR count). The van der Waals surface area contributed by atoms with Crippen LogP contribution < -0.4 is 5.32 Å². The summed E-state index contributed by atoms with van der Waals surface area (Å²) in [6.07, 6.45) is 4.71. The van der Waals surface area contributed by atoms with E-state index in [1.807, 2.05) is 6.92 Å². The van der Waals surface area contributed by atoms with E-state index in [0.29, 0.717) is 6.04 Å². The lowest BCUT2D eigenvalue weighted by atomic mass is 9.98. The summed E-state index contributed by atoms with van der Waals surface area (Å²) < 4.78 is 0. The lowest BCUT2D eigenvalue weighted by Crippen LogP contribution is -2.56. The molecular formula is C16H30N4. The molecule has 2 aliphatic rings. The Morgan fingerprint density at radius 1 is 1.40 bits per heavy atom. The maximum absolute atomic E-state index is 9.42. The second-order valence-electron chi connectivity index (χ2n) is 6.76. The first kappa shape index (κ1) is 15.8. The van der Waals surface area contributed by atoms with Crippen molar-refractivity contribution in [2.24, 2.45) is 0 Å². The van der Waals surface area contributed by atoms with E-state index in [1.165, 1.54) is 32.5 Å². The van der Waals surface area contributed by atoms with Crippen LogP contribution in [0.3, 0.4) is 0 Å². The van der Waals surface area contributed by atoms with Gasteiger partial charge in [0.15, 0.2) is 0 Å². The fourth-order valence-corrected chi connectivity index (χ4v) is 3.51. The number of rotatable bonds is 6. The van der Waals surface area contributed by atoms with Crippen molar-refractivity contribution >= 4 is 0 Å². The summed E-state index contributed by atoms with van der Waals surface area (Å²) in [5, 5.41) is 12.8. The van der Waals surface area contributed by atoms with Crippen molar-refractivity contribution < 1.29 is 0 Å². The average Bonchev–Trinajstić information content (AvgIpc) is 2.89. The average molecular weight is 278 g/mol. The summed E-state index contributed by atoms with van der Waals surface area (Å²) in [5.41, 5.74) is -0.372. The Hall–Kier alpha value is -0.630. The normalized spacial score (nSPS) is 30.7. The van der Waals surface area contributed by atoms with Crippen LogP contribution >= 0.6 is 0 Å². The molecule has 0 aromatic carbocycles. The van der Waals surface area contributed by atoms with Crippen LogP contribution in [0.25, 0.3) is 0 Å². The van der Waals surface area contributed by atoms with Gasteiger partial charge in [-0.15, -0.1) is 0 Å². The Labute approximate surface area is 124 Å². The zero-order valence-corrected chi connectivity index (χ0v) is 13.4. The molecule has 2 fully saturated rings. The molecule has 0 spiro atoms. The lowest BCUT2D eigenvalue weighted by Gasteiger charge is -2.43. The van der Waals surface area contributed by atoms with Crippen molar-refractivity contribution in [3.8, 4) is 6.07 Å². The van der Waals surface area contributed by atoms with Crippen molar-refractivity contribution in [3.63, 3.8) is 0 Å². The van der Waals surface area contributed by atoms with E-state index in [0.717, 1.165) is 32.0 Å². The van der Waals surface area contributed by atoms with Gasteiger partial charge in [-0.1, -0.05) is 6.92 Å². The maximum atomic E-state index is 9.42. The Morgan fingerprint density at radius 2 is 2.20 bits per heavy atom. The second-order valence-corrected chi connectivity index (χ2v) is 6.76. The molecule has 0 aromatic rings. The van der Waals surface area contributed by atoms with Gasteiger partial charge in [-0.2, -0.15) is 5.26 Å². The van der Waals surface area contributed by atoms with E-state index in [1.54, 1.807) is 0 Å². The van der Waals surface area contributed by atoms with E-state index < -0.39 is 0 Å². The van der Waals surface area contributed by atoms with E-state index in [4.69, 9.17) is 0 Å². The maximum Gasteiger partial charge on any atom is 0.105 e. The summed E-state index contributed by atoms with van der Waals surface area (Å²) in [7, 11) is 0. The van der Waals surface area contributed by atoms with Crippen LogP contribution in [-0.2, 0) is 0 Å². The minimum absolute atomic E-state index is 0.372. The second kappa shape index (κ2) is 6.89. The van der Waals surface area contributed by atoms with Crippen LogP contribution in [0.4, 0.5) is 0 Å². The molecule has 0 bridgehead atoms. The van der Waals surface area contributed by atoms with Gasteiger partial charge in [0, 0.05) is 31.7 Å². The van der Waals surface area contributed by atoms with E-state index in [9.17, 15) is 5.26 Å². The minimum Gasteiger partial charge on any atom is -0.300 e. The predicted molar refractivity (Wildman–Crippen MR) is 82.6 cm³/mol. The molecule has 20 heavy (non-hydrogen) atoms. The van der Waals surface area contributed by atoms with Gasteiger partial charge in [0.2, 0.25) is 0 Å². The number of hydrogen-bond acceptors (Lipinski definition) is 4. The largest absolute Gasteiger partial charge is 0.300 e. The topological polar surface area (TPSA) is 42.3 Å². The molecule has 3 unspecified atom stereocenters. The zero-order chi connectivity index (χ0) is 14.6. The van der Waals surface area contributed by atoms with Crippen LogP contribution in [0.1, 0.15) is 46.5 Å². The number of nitrogens with one attached hydrogen (secondary N) is 1. The van der Waals surface area contributed by atoms with E-state index in [-0.39, 0.29) is 5.54 Å². The first-order valence-corrected chi connectivity index (χ1v) is 8.22. The Balaban J connectivity index is 1.84. The molecule has 0 amide bonds. The van der Waals surface area contributed by atoms with Gasteiger partial charge in [0.05, 0.1) is 6.07 Å². The number of nitriles is 1. The van der Waals surface area contributed by atoms with Gasteiger partial charge in [-0.3, -0.25) is 15.1 Å². The molecule has 4 nitrogen and oxygen atoms in total.